The van der Waals surface area contributed by atoms with Gasteiger partial charge < -0.3 is 16.2 Å². The number of hydrogen-bond acceptors (Lipinski definition) is 4. The molecule has 0 aliphatic carbocycles. The van der Waals surface area contributed by atoms with E-state index >= 15 is 0 Å². The van der Waals surface area contributed by atoms with Gasteiger partial charge >= 0.3 is 5.97 Å². The normalized spacial score (nSPS) is 15.8. The number of anilines is 1. The summed E-state index contributed by atoms with van der Waals surface area (Å²) >= 11 is 0. The molecule has 0 bridgehead atoms. The van der Waals surface area contributed by atoms with Crippen molar-refractivity contribution in [1.29, 1.82) is 0 Å². The summed E-state index contributed by atoms with van der Waals surface area (Å²) < 4.78 is 1.74. The second-order valence-corrected chi connectivity index (χ2v) is 4.58. The molecule has 3 heterocycles. The summed E-state index contributed by atoms with van der Waals surface area (Å²) in [6.07, 6.45) is 0.746. The van der Waals surface area contributed by atoms with Crippen molar-refractivity contribution >= 4 is 17.3 Å². The number of nitrogen functional groups attached to an aromatic ring is 1. The molecule has 6 heteroatoms. The van der Waals surface area contributed by atoms with Gasteiger partial charge in [0.15, 0.2) is 5.69 Å². The van der Waals surface area contributed by atoms with Crippen molar-refractivity contribution in [3.63, 3.8) is 0 Å². The van der Waals surface area contributed by atoms with Gasteiger partial charge in [-0.25, -0.2) is 9.78 Å². The van der Waals surface area contributed by atoms with Gasteiger partial charge in [0.1, 0.15) is 11.6 Å². The zero-order valence-electron chi connectivity index (χ0n) is 9.76. The highest BCUT2D eigenvalue weighted by Gasteiger charge is 2.23. The molecule has 0 atom stereocenters. The minimum Gasteiger partial charge on any atom is -0.476 e. The van der Waals surface area contributed by atoms with Gasteiger partial charge in [-0.1, -0.05) is 6.07 Å². The Morgan fingerprint density at radius 3 is 2.94 bits per heavy atom. The van der Waals surface area contributed by atoms with Crippen molar-refractivity contribution in [3.8, 4) is 0 Å². The van der Waals surface area contributed by atoms with Gasteiger partial charge in [0.2, 0.25) is 0 Å². The molecule has 0 spiro atoms. The zero-order chi connectivity index (χ0) is 12.7. The second kappa shape index (κ2) is 3.99. The molecule has 1 aliphatic heterocycles. The van der Waals surface area contributed by atoms with Crippen molar-refractivity contribution in [1.82, 2.24) is 14.7 Å². The number of aromatic nitrogens is 2. The first-order valence-corrected chi connectivity index (χ1v) is 5.86. The first-order valence-electron chi connectivity index (χ1n) is 5.86. The fraction of sp³-hybridized carbons (Fsp3) is 0.333. The Balaban J connectivity index is 2.14. The summed E-state index contributed by atoms with van der Waals surface area (Å²) in [5, 5.41) is 12.4. The molecule has 4 N–H and O–H groups in total. The van der Waals surface area contributed by atoms with E-state index in [2.05, 4.69) is 10.3 Å². The molecule has 0 unspecified atom stereocenters. The minimum absolute atomic E-state index is 0.0737. The quantitative estimate of drug-likeness (QED) is 0.728. The highest BCUT2D eigenvalue weighted by molar-refractivity contribution is 5.94. The Kier molecular flexibility index (Phi) is 2.45. The van der Waals surface area contributed by atoms with E-state index in [9.17, 15) is 4.79 Å². The van der Waals surface area contributed by atoms with Crippen LogP contribution in [0.2, 0.25) is 0 Å². The fourth-order valence-corrected chi connectivity index (χ4v) is 2.28. The predicted molar refractivity (Wildman–Crippen MR) is 66.6 cm³/mol. The van der Waals surface area contributed by atoms with Crippen LogP contribution in [0.5, 0.6) is 0 Å². The SMILES string of the molecule is Nc1cccc2c(C(=O)O)nc(CC3CNC3)n12. The third kappa shape index (κ3) is 1.62. The average molecular weight is 246 g/mol. The highest BCUT2D eigenvalue weighted by Crippen LogP contribution is 2.20. The van der Waals surface area contributed by atoms with E-state index in [1.165, 1.54) is 0 Å². The third-order valence-corrected chi connectivity index (χ3v) is 3.30. The molecule has 94 valence electrons. The standard InChI is InChI=1S/C12H14N4O2/c13-9-3-1-2-8-11(12(17)18)15-10(16(8)9)4-7-5-14-6-7/h1-3,7,14H,4-6,13H2,(H,17,18). The van der Waals surface area contributed by atoms with Crippen LogP contribution in [0.1, 0.15) is 16.3 Å². The number of carbonyl (C=O) groups is 1. The molecule has 0 radical (unpaired) electrons. The maximum atomic E-state index is 11.2. The van der Waals surface area contributed by atoms with Crippen LogP contribution < -0.4 is 11.1 Å². The monoisotopic (exact) mass is 246 g/mol. The first-order chi connectivity index (χ1) is 8.66. The number of imidazole rings is 1. The summed E-state index contributed by atoms with van der Waals surface area (Å²) in [5.41, 5.74) is 6.55. The van der Waals surface area contributed by atoms with E-state index in [-0.39, 0.29) is 5.69 Å². The van der Waals surface area contributed by atoms with E-state index in [4.69, 9.17) is 10.8 Å². The summed E-state index contributed by atoms with van der Waals surface area (Å²) in [5.74, 6) is 0.745. The molecule has 6 nitrogen and oxygen atoms in total. The number of hydrogen-bond donors (Lipinski definition) is 3. The molecule has 1 fully saturated rings. The lowest BCUT2D eigenvalue weighted by Crippen LogP contribution is -2.43. The Morgan fingerprint density at radius 1 is 1.56 bits per heavy atom. The van der Waals surface area contributed by atoms with Crippen LogP contribution in [0, 0.1) is 5.92 Å². The van der Waals surface area contributed by atoms with Crippen LogP contribution in [0.15, 0.2) is 18.2 Å². The Morgan fingerprint density at radius 2 is 2.33 bits per heavy atom. The minimum atomic E-state index is -1.02. The van der Waals surface area contributed by atoms with Crippen LogP contribution in [-0.4, -0.2) is 33.6 Å². The molecule has 0 aromatic carbocycles. The molecule has 2 aromatic heterocycles. The Hall–Kier alpha value is -2.08. The number of carboxylic acid groups (broad SMARTS) is 1. The van der Waals surface area contributed by atoms with Crippen molar-refractivity contribution in [3.05, 3.63) is 29.7 Å². The summed E-state index contributed by atoms with van der Waals surface area (Å²) in [6.45, 7) is 1.90. The number of carboxylic acids is 1. The molecule has 2 aromatic rings. The van der Waals surface area contributed by atoms with Gasteiger partial charge in [-0.05, 0) is 31.1 Å². The predicted octanol–water partition coefficient (Wildman–Crippen LogP) is 0.377. The topological polar surface area (TPSA) is 92.7 Å². The molecular formula is C12H14N4O2. The lowest BCUT2D eigenvalue weighted by Gasteiger charge is -2.26. The number of fused-ring (bicyclic) bond motifs is 1. The van der Waals surface area contributed by atoms with Crippen LogP contribution in [-0.2, 0) is 6.42 Å². The van der Waals surface area contributed by atoms with E-state index in [1.54, 1.807) is 22.6 Å². The molecular weight excluding hydrogens is 232 g/mol. The van der Waals surface area contributed by atoms with Gasteiger partial charge in [-0.2, -0.15) is 0 Å². The highest BCUT2D eigenvalue weighted by atomic mass is 16.4. The smallest absolute Gasteiger partial charge is 0.356 e. The molecule has 1 saturated heterocycles. The summed E-state index contributed by atoms with van der Waals surface area (Å²) in [4.78, 5) is 15.4. The number of aromatic carboxylic acids is 1. The molecule has 1 aliphatic rings. The zero-order valence-corrected chi connectivity index (χ0v) is 9.76. The van der Waals surface area contributed by atoms with Crippen LogP contribution in [0.4, 0.5) is 5.82 Å². The lowest BCUT2D eigenvalue weighted by atomic mass is 9.99. The fourth-order valence-electron chi connectivity index (χ4n) is 2.28. The molecule has 18 heavy (non-hydrogen) atoms. The largest absolute Gasteiger partial charge is 0.476 e. The molecule has 0 amide bonds. The summed E-state index contributed by atoms with van der Waals surface area (Å²) in [7, 11) is 0. The van der Waals surface area contributed by atoms with E-state index in [0.717, 1.165) is 25.3 Å². The Bertz CT molecular complexity index is 616. The van der Waals surface area contributed by atoms with Gasteiger partial charge in [0.25, 0.3) is 0 Å². The number of nitrogens with zero attached hydrogens (tertiary/aromatic N) is 2. The first kappa shape index (κ1) is 11.0. The number of nitrogens with two attached hydrogens (primary N) is 1. The maximum Gasteiger partial charge on any atom is 0.356 e. The van der Waals surface area contributed by atoms with E-state index in [1.807, 2.05) is 0 Å². The van der Waals surface area contributed by atoms with Crippen molar-refractivity contribution < 1.29 is 9.90 Å². The lowest BCUT2D eigenvalue weighted by molar-refractivity contribution is 0.0693. The molecule has 0 saturated carbocycles. The van der Waals surface area contributed by atoms with Crippen LogP contribution in [0.3, 0.4) is 0 Å². The van der Waals surface area contributed by atoms with E-state index < -0.39 is 5.97 Å². The second-order valence-electron chi connectivity index (χ2n) is 4.58. The summed E-state index contributed by atoms with van der Waals surface area (Å²) in [6, 6.07) is 5.23. The van der Waals surface area contributed by atoms with Crippen molar-refractivity contribution in [2.45, 2.75) is 6.42 Å². The maximum absolute atomic E-state index is 11.2. The average Bonchev–Trinajstić information content (AvgIpc) is 2.64. The van der Waals surface area contributed by atoms with E-state index in [0.29, 0.717) is 17.3 Å². The van der Waals surface area contributed by atoms with Crippen LogP contribution in [0.25, 0.3) is 5.52 Å². The van der Waals surface area contributed by atoms with Crippen molar-refractivity contribution in [2.75, 3.05) is 18.8 Å². The van der Waals surface area contributed by atoms with Gasteiger partial charge in [-0.3, -0.25) is 4.40 Å². The number of rotatable bonds is 3. The van der Waals surface area contributed by atoms with Crippen LogP contribution >= 0.6 is 0 Å². The molecule has 3 rings (SSSR count). The van der Waals surface area contributed by atoms with Gasteiger partial charge in [0.05, 0.1) is 5.52 Å². The third-order valence-electron chi connectivity index (χ3n) is 3.30. The number of pyridine rings is 1. The Labute approximate surface area is 103 Å². The van der Waals surface area contributed by atoms with Gasteiger partial charge in [0, 0.05) is 6.42 Å². The van der Waals surface area contributed by atoms with Crippen molar-refractivity contribution in [2.24, 2.45) is 5.92 Å². The number of nitrogens with one attached hydrogen (secondary N) is 1. The van der Waals surface area contributed by atoms with Gasteiger partial charge in [-0.15, -0.1) is 0 Å².